The number of halogens is 1. The first kappa shape index (κ1) is 21.6. The van der Waals surface area contributed by atoms with E-state index in [0.717, 1.165) is 0 Å². The van der Waals surface area contributed by atoms with E-state index in [1.165, 1.54) is 6.33 Å². The Morgan fingerprint density at radius 3 is 2.60 bits per heavy atom. The molecule has 0 saturated carbocycles. The molecular weight excluding hydrogens is 402 g/mol. The smallest absolute Gasteiger partial charge is 0.251 e. The standard InChI is InChI=1S/C21H26ClN7O/c1-10(2)27-20(30)11-6-7-12-13(8-11)28-17(15(12)22)16(23)14-18(24)25-9-26-19(14)29-21(3,4)5/h6-10,23,28H,1-5H3,(H,27,30)(H3,24,25,26,29). The van der Waals surface area contributed by atoms with Gasteiger partial charge in [0.15, 0.2) is 0 Å². The van der Waals surface area contributed by atoms with E-state index in [9.17, 15) is 4.79 Å². The Morgan fingerprint density at radius 1 is 1.27 bits per heavy atom. The molecule has 0 aliphatic rings. The molecule has 0 bridgehead atoms. The number of hydrogen-bond acceptors (Lipinski definition) is 6. The van der Waals surface area contributed by atoms with Gasteiger partial charge in [0.2, 0.25) is 0 Å². The molecule has 158 valence electrons. The predicted octanol–water partition coefficient (Wildman–Crippen LogP) is 3.96. The van der Waals surface area contributed by atoms with Gasteiger partial charge in [-0.05, 0) is 46.8 Å². The molecule has 0 unspecified atom stereocenters. The van der Waals surface area contributed by atoms with Crippen molar-refractivity contribution >= 4 is 45.8 Å². The molecule has 2 heterocycles. The van der Waals surface area contributed by atoms with E-state index < -0.39 is 0 Å². The zero-order valence-electron chi connectivity index (χ0n) is 17.6. The van der Waals surface area contributed by atoms with Gasteiger partial charge in [-0.1, -0.05) is 17.7 Å². The van der Waals surface area contributed by atoms with Gasteiger partial charge < -0.3 is 21.4 Å². The summed E-state index contributed by atoms with van der Waals surface area (Å²) >= 11 is 6.58. The fraction of sp³-hybridized carbons (Fsp3) is 0.333. The summed E-state index contributed by atoms with van der Waals surface area (Å²) < 4.78 is 0. The first-order valence-corrected chi connectivity index (χ1v) is 9.95. The molecule has 2 aromatic heterocycles. The van der Waals surface area contributed by atoms with E-state index in [4.69, 9.17) is 22.7 Å². The molecule has 0 fully saturated rings. The lowest BCUT2D eigenvalue weighted by molar-refractivity contribution is 0.0943. The Hall–Kier alpha value is -3.13. The van der Waals surface area contributed by atoms with Gasteiger partial charge in [0, 0.05) is 28.0 Å². The third kappa shape index (κ3) is 4.38. The molecule has 0 radical (unpaired) electrons. The maximum absolute atomic E-state index is 12.3. The van der Waals surface area contributed by atoms with Crippen LogP contribution >= 0.6 is 11.6 Å². The third-order valence-corrected chi connectivity index (χ3v) is 4.68. The van der Waals surface area contributed by atoms with Crippen molar-refractivity contribution < 1.29 is 4.79 Å². The van der Waals surface area contributed by atoms with E-state index in [1.54, 1.807) is 18.2 Å². The molecule has 6 N–H and O–H groups in total. The van der Waals surface area contributed by atoms with Crippen LogP contribution in [0.1, 0.15) is 56.2 Å². The fourth-order valence-electron chi connectivity index (χ4n) is 3.04. The maximum atomic E-state index is 12.3. The number of aromatic amines is 1. The van der Waals surface area contributed by atoms with E-state index in [2.05, 4.69) is 25.6 Å². The van der Waals surface area contributed by atoms with Crippen LogP contribution in [0, 0.1) is 5.41 Å². The van der Waals surface area contributed by atoms with Crippen molar-refractivity contribution in [3.8, 4) is 0 Å². The summed E-state index contributed by atoms with van der Waals surface area (Å²) in [5.41, 5.74) is 7.76. The molecule has 0 saturated heterocycles. The van der Waals surface area contributed by atoms with Crippen LogP contribution in [0.15, 0.2) is 24.5 Å². The number of aromatic nitrogens is 3. The van der Waals surface area contributed by atoms with Crippen molar-refractivity contribution in [2.45, 2.75) is 46.2 Å². The molecule has 0 spiro atoms. The zero-order valence-corrected chi connectivity index (χ0v) is 18.4. The van der Waals surface area contributed by atoms with E-state index in [-0.39, 0.29) is 29.0 Å². The number of carbonyl (C=O) groups is 1. The van der Waals surface area contributed by atoms with Crippen LogP contribution in [0.3, 0.4) is 0 Å². The number of benzene rings is 1. The molecule has 1 amide bonds. The van der Waals surface area contributed by atoms with Gasteiger partial charge in [0.25, 0.3) is 5.91 Å². The lowest BCUT2D eigenvalue weighted by Crippen LogP contribution is -2.29. The molecule has 0 atom stereocenters. The average Bonchev–Trinajstić information content (AvgIpc) is 2.96. The number of anilines is 2. The Labute approximate surface area is 180 Å². The van der Waals surface area contributed by atoms with Crippen molar-refractivity contribution in [3.05, 3.63) is 46.4 Å². The summed E-state index contributed by atoms with van der Waals surface area (Å²) in [4.78, 5) is 23.8. The second kappa shape index (κ2) is 7.95. The van der Waals surface area contributed by atoms with Gasteiger partial charge in [-0.15, -0.1) is 0 Å². The van der Waals surface area contributed by atoms with Crippen molar-refractivity contribution in [3.63, 3.8) is 0 Å². The van der Waals surface area contributed by atoms with Gasteiger partial charge in [-0.3, -0.25) is 10.2 Å². The molecule has 8 nitrogen and oxygen atoms in total. The quantitative estimate of drug-likeness (QED) is 0.393. The minimum atomic E-state index is -0.293. The van der Waals surface area contributed by atoms with Crippen LogP contribution in [0.25, 0.3) is 10.9 Å². The molecular formula is C21H26ClN7O. The number of amides is 1. The summed E-state index contributed by atoms with van der Waals surface area (Å²) in [5, 5.41) is 16.0. The lowest BCUT2D eigenvalue weighted by atomic mass is 10.1. The van der Waals surface area contributed by atoms with Crippen LogP contribution < -0.4 is 16.4 Å². The summed E-state index contributed by atoms with van der Waals surface area (Å²) in [6.45, 7) is 9.75. The van der Waals surface area contributed by atoms with Crippen LogP contribution in [-0.2, 0) is 0 Å². The second-order valence-electron chi connectivity index (χ2n) is 8.44. The number of fused-ring (bicyclic) bond motifs is 1. The number of nitrogen functional groups attached to an aromatic ring is 1. The minimum Gasteiger partial charge on any atom is -0.383 e. The predicted molar refractivity (Wildman–Crippen MR) is 122 cm³/mol. The Bertz CT molecular complexity index is 1130. The third-order valence-electron chi connectivity index (χ3n) is 4.29. The van der Waals surface area contributed by atoms with Crippen molar-refractivity contribution in [1.82, 2.24) is 20.3 Å². The number of nitrogens with two attached hydrogens (primary N) is 1. The summed E-state index contributed by atoms with van der Waals surface area (Å²) in [5.74, 6) is 0.451. The molecule has 30 heavy (non-hydrogen) atoms. The van der Waals surface area contributed by atoms with Crippen molar-refractivity contribution in [1.29, 1.82) is 5.41 Å². The highest BCUT2D eigenvalue weighted by Gasteiger charge is 2.23. The summed E-state index contributed by atoms with van der Waals surface area (Å²) in [6, 6.07) is 5.22. The molecule has 3 aromatic rings. The minimum absolute atomic E-state index is 0.0268. The van der Waals surface area contributed by atoms with Crippen molar-refractivity contribution in [2.75, 3.05) is 11.1 Å². The highest BCUT2D eigenvalue weighted by atomic mass is 35.5. The monoisotopic (exact) mass is 427 g/mol. The van der Waals surface area contributed by atoms with E-state index >= 15 is 0 Å². The van der Waals surface area contributed by atoms with Crippen LogP contribution in [-0.4, -0.2) is 38.2 Å². The molecule has 1 aromatic carbocycles. The van der Waals surface area contributed by atoms with Gasteiger partial charge in [-0.25, -0.2) is 9.97 Å². The molecule has 9 heteroatoms. The highest BCUT2D eigenvalue weighted by Crippen LogP contribution is 2.32. The number of nitrogens with zero attached hydrogens (tertiary/aromatic N) is 2. The Balaban J connectivity index is 2.06. The topological polar surface area (TPSA) is 133 Å². The molecule has 0 aliphatic heterocycles. The fourth-order valence-corrected chi connectivity index (χ4v) is 3.35. The highest BCUT2D eigenvalue weighted by molar-refractivity contribution is 6.40. The van der Waals surface area contributed by atoms with E-state index in [1.807, 2.05) is 34.6 Å². The van der Waals surface area contributed by atoms with Gasteiger partial charge in [-0.2, -0.15) is 0 Å². The number of nitrogens with one attached hydrogen (secondary N) is 4. The largest absolute Gasteiger partial charge is 0.383 e. The zero-order chi connectivity index (χ0) is 22.2. The average molecular weight is 428 g/mol. The second-order valence-corrected chi connectivity index (χ2v) is 8.81. The number of hydrogen-bond donors (Lipinski definition) is 5. The van der Waals surface area contributed by atoms with E-state index in [0.29, 0.717) is 38.6 Å². The van der Waals surface area contributed by atoms with Gasteiger partial charge in [0.1, 0.15) is 18.0 Å². The van der Waals surface area contributed by atoms with Gasteiger partial charge >= 0.3 is 0 Å². The summed E-state index contributed by atoms with van der Waals surface area (Å²) in [6.07, 6.45) is 1.35. The maximum Gasteiger partial charge on any atom is 0.251 e. The van der Waals surface area contributed by atoms with Crippen LogP contribution in [0.2, 0.25) is 5.02 Å². The van der Waals surface area contributed by atoms with Gasteiger partial charge in [0.05, 0.1) is 22.0 Å². The number of H-pyrrole nitrogens is 1. The molecule has 3 rings (SSSR count). The first-order valence-electron chi connectivity index (χ1n) is 9.58. The SMILES string of the molecule is CC(C)NC(=O)c1ccc2c(Cl)c(C(=N)c3c(N)ncnc3NC(C)(C)C)[nH]c2c1. The Kier molecular flexibility index (Phi) is 5.72. The number of rotatable bonds is 5. The summed E-state index contributed by atoms with van der Waals surface area (Å²) in [7, 11) is 0. The Morgan fingerprint density at radius 2 is 1.97 bits per heavy atom. The normalized spacial score (nSPS) is 11.7. The number of carbonyl (C=O) groups excluding carboxylic acids is 1. The van der Waals surface area contributed by atoms with Crippen LogP contribution in [0.4, 0.5) is 11.6 Å². The van der Waals surface area contributed by atoms with Crippen molar-refractivity contribution in [2.24, 2.45) is 0 Å². The van der Waals surface area contributed by atoms with Crippen LogP contribution in [0.5, 0.6) is 0 Å². The first-order chi connectivity index (χ1) is 14.0. The lowest BCUT2D eigenvalue weighted by Gasteiger charge is -2.23. The molecule has 0 aliphatic carbocycles.